The molecule has 1 unspecified atom stereocenters. The number of amides is 1. The lowest BCUT2D eigenvalue weighted by atomic mass is 10.0. The Morgan fingerprint density at radius 2 is 2.23 bits per heavy atom. The fourth-order valence-electron chi connectivity index (χ4n) is 3.20. The van der Waals surface area contributed by atoms with Crippen molar-refractivity contribution in [2.75, 3.05) is 20.2 Å². The molecule has 142 valence electrons. The number of aromatic nitrogens is 3. The molecule has 1 aliphatic rings. The molecule has 8 heteroatoms. The van der Waals surface area contributed by atoms with Gasteiger partial charge in [-0.1, -0.05) is 13.8 Å². The number of carbonyl (C=O) groups excluding carboxylic acids is 1. The third-order valence-electron chi connectivity index (χ3n) is 4.39. The largest absolute Gasteiger partial charge is 0.453 e. The third-order valence-corrected chi connectivity index (χ3v) is 4.39. The normalized spacial score (nSPS) is 15.5. The Hall–Kier alpha value is -2.19. The first-order valence-corrected chi connectivity index (χ1v) is 9.09. The number of fused-ring (bicyclic) bond motifs is 1. The second-order valence-corrected chi connectivity index (χ2v) is 6.98. The summed E-state index contributed by atoms with van der Waals surface area (Å²) >= 11 is 0. The van der Waals surface area contributed by atoms with E-state index in [-0.39, 0.29) is 17.7 Å². The molecule has 0 aliphatic carbocycles. The summed E-state index contributed by atoms with van der Waals surface area (Å²) in [5.41, 5.74) is 0. The van der Waals surface area contributed by atoms with Gasteiger partial charge < -0.3 is 24.4 Å². The molecule has 2 N–H and O–H groups in total. The van der Waals surface area contributed by atoms with E-state index in [0.29, 0.717) is 18.3 Å². The number of hydrogen-bond donors (Lipinski definition) is 2. The van der Waals surface area contributed by atoms with Gasteiger partial charge in [0.25, 0.3) is 5.91 Å². The maximum atomic E-state index is 12.7. The minimum atomic E-state index is -0.248. The van der Waals surface area contributed by atoms with E-state index in [9.17, 15) is 4.79 Å². The maximum Gasteiger partial charge on any atom is 0.287 e. The second kappa shape index (κ2) is 8.46. The van der Waals surface area contributed by atoms with Gasteiger partial charge in [-0.3, -0.25) is 4.79 Å². The van der Waals surface area contributed by atoms with Gasteiger partial charge in [-0.15, -0.1) is 10.2 Å². The smallest absolute Gasteiger partial charge is 0.287 e. The number of furan rings is 1. The lowest BCUT2D eigenvalue weighted by Gasteiger charge is -2.20. The quantitative estimate of drug-likeness (QED) is 0.779. The zero-order valence-electron chi connectivity index (χ0n) is 15.6. The molecule has 0 spiro atoms. The molecular weight excluding hydrogens is 334 g/mol. The Bertz CT molecular complexity index is 737. The van der Waals surface area contributed by atoms with Gasteiger partial charge in [0.15, 0.2) is 11.6 Å². The molecule has 2 aromatic rings. The molecule has 3 heterocycles. The van der Waals surface area contributed by atoms with Gasteiger partial charge in [-0.2, -0.15) is 0 Å². The second-order valence-electron chi connectivity index (χ2n) is 6.98. The van der Waals surface area contributed by atoms with Crippen molar-refractivity contribution < 1.29 is 13.9 Å². The Morgan fingerprint density at radius 1 is 1.38 bits per heavy atom. The molecule has 2 aromatic heterocycles. The zero-order valence-corrected chi connectivity index (χ0v) is 15.6. The molecule has 0 saturated heterocycles. The highest BCUT2D eigenvalue weighted by molar-refractivity contribution is 5.91. The molecule has 0 bridgehead atoms. The van der Waals surface area contributed by atoms with E-state index in [1.807, 2.05) is 0 Å². The standard InChI is InChI=1S/C18H27N5O3/c1-12(2)10-14(17-22-21-16-6-7-19-8-9-23(16)17)20-18(24)15-5-4-13(26-15)11-25-3/h4-5,12,14,19H,6-11H2,1-3H3,(H,20,24). The molecule has 1 atom stereocenters. The number of hydrogen-bond acceptors (Lipinski definition) is 6. The predicted molar refractivity (Wildman–Crippen MR) is 95.7 cm³/mol. The summed E-state index contributed by atoms with van der Waals surface area (Å²) in [6.45, 7) is 7.18. The van der Waals surface area contributed by atoms with Crippen LogP contribution < -0.4 is 10.6 Å². The van der Waals surface area contributed by atoms with Gasteiger partial charge in [0.05, 0.1) is 6.04 Å². The van der Waals surface area contributed by atoms with Crippen molar-refractivity contribution >= 4 is 5.91 Å². The molecule has 3 rings (SSSR count). The van der Waals surface area contributed by atoms with Crippen LogP contribution in [0, 0.1) is 5.92 Å². The van der Waals surface area contributed by atoms with E-state index in [1.54, 1.807) is 19.2 Å². The van der Waals surface area contributed by atoms with E-state index in [1.165, 1.54) is 0 Å². The average Bonchev–Trinajstić information content (AvgIpc) is 3.16. The van der Waals surface area contributed by atoms with Crippen LogP contribution in [0.2, 0.25) is 0 Å². The average molecular weight is 361 g/mol. The summed E-state index contributed by atoms with van der Waals surface area (Å²) < 4.78 is 12.7. The zero-order chi connectivity index (χ0) is 18.5. The highest BCUT2D eigenvalue weighted by Crippen LogP contribution is 2.22. The topological polar surface area (TPSA) is 94.2 Å². The molecule has 1 amide bonds. The van der Waals surface area contributed by atoms with E-state index < -0.39 is 0 Å². The van der Waals surface area contributed by atoms with Crippen LogP contribution >= 0.6 is 0 Å². The van der Waals surface area contributed by atoms with E-state index in [2.05, 4.69) is 39.2 Å². The first-order chi connectivity index (χ1) is 12.6. The van der Waals surface area contributed by atoms with Crippen molar-refractivity contribution in [1.82, 2.24) is 25.4 Å². The number of nitrogens with zero attached hydrogens (tertiary/aromatic N) is 3. The van der Waals surface area contributed by atoms with Crippen molar-refractivity contribution in [3.63, 3.8) is 0 Å². The number of nitrogens with one attached hydrogen (secondary N) is 2. The van der Waals surface area contributed by atoms with Gasteiger partial charge in [-0.05, 0) is 24.5 Å². The predicted octanol–water partition coefficient (Wildman–Crippen LogP) is 1.68. The van der Waals surface area contributed by atoms with E-state index >= 15 is 0 Å². The lowest BCUT2D eigenvalue weighted by Crippen LogP contribution is -2.32. The molecule has 8 nitrogen and oxygen atoms in total. The molecule has 0 saturated carbocycles. The van der Waals surface area contributed by atoms with Crippen LogP contribution in [0.4, 0.5) is 0 Å². The first-order valence-electron chi connectivity index (χ1n) is 9.09. The van der Waals surface area contributed by atoms with Crippen LogP contribution in [0.5, 0.6) is 0 Å². The highest BCUT2D eigenvalue weighted by Gasteiger charge is 2.26. The van der Waals surface area contributed by atoms with E-state index in [0.717, 1.165) is 44.1 Å². The molecular formula is C18H27N5O3. The Balaban J connectivity index is 1.80. The Kier molecular flexibility index (Phi) is 6.05. The Labute approximate surface area is 153 Å². The van der Waals surface area contributed by atoms with Crippen LogP contribution in [0.25, 0.3) is 0 Å². The third kappa shape index (κ3) is 4.31. The maximum absolute atomic E-state index is 12.7. The molecule has 0 radical (unpaired) electrons. The number of ether oxygens (including phenoxy) is 1. The van der Waals surface area contributed by atoms with Crippen LogP contribution in [-0.2, 0) is 24.3 Å². The van der Waals surface area contributed by atoms with Crippen LogP contribution in [0.3, 0.4) is 0 Å². The first kappa shape index (κ1) is 18.6. The molecule has 1 aliphatic heterocycles. The van der Waals surface area contributed by atoms with Crippen molar-refractivity contribution in [2.45, 2.75) is 45.9 Å². The van der Waals surface area contributed by atoms with Gasteiger partial charge >= 0.3 is 0 Å². The van der Waals surface area contributed by atoms with E-state index in [4.69, 9.17) is 9.15 Å². The fraction of sp³-hybridized carbons (Fsp3) is 0.611. The van der Waals surface area contributed by atoms with Crippen molar-refractivity contribution in [3.8, 4) is 0 Å². The Morgan fingerprint density at radius 3 is 3.00 bits per heavy atom. The van der Waals surface area contributed by atoms with Crippen LogP contribution in [-0.4, -0.2) is 40.9 Å². The van der Waals surface area contributed by atoms with Gasteiger partial charge in [0.1, 0.15) is 18.2 Å². The molecule has 0 aromatic carbocycles. The summed E-state index contributed by atoms with van der Waals surface area (Å²) in [7, 11) is 1.59. The van der Waals surface area contributed by atoms with Crippen molar-refractivity contribution in [1.29, 1.82) is 0 Å². The van der Waals surface area contributed by atoms with Crippen LogP contribution in [0.1, 0.15) is 54.3 Å². The fourth-order valence-corrected chi connectivity index (χ4v) is 3.20. The summed E-state index contributed by atoms with van der Waals surface area (Å²) in [6.07, 6.45) is 1.62. The number of carbonyl (C=O) groups is 1. The summed E-state index contributed by atoms with van der Waals surface area (Å²) in [5, 5.41) is 15.2. The highest BCUT2D eigenvalue weighted by atomic mass is 16.5. The molecule has 26 heavy (non-hydrogen) atoms. The van der Waals surface area contributed by atoms with Crippen LogP contribution in [0.15, 0.2) is 16.5 Å². The van der Waals surface area contributed by atoms with Crippen molar-refractivity contribution in [3.05, 3.63) is 35.3 Å². The SMILES string of the molecule is COCc1ccc(C(=O)NC(CC(C)C)c2nnc3n2CCNCC3)o1. The minimum Gasteiger partial charge on any atom is -0.453 e. The number of rotatable bonds is 7. The summed E-state index contributed by atoms with van der Waals surface area (Å²) in [6, 6.07) is 3.22. The summed E-state index contributed by atoms with van der Waals surface area (Å²) in [4.78, 5) is 12.7. The molecule has 0 fully saturated rings. The van der Waals surface area contributed by atoms with Gasteiger partial charge in [0, 0.05) is 33.2 Å². The van der Waals surface area contributed by atoms with Crippen molar-refractivity contribution in [2.24, 2.45) is 5.92 Å². The monoisotopic (exact) mass is 361 g/mol. The minimum absolute atomic E-state index is 0.210. The van der Waals surface area contributed by atoms with Gasteiger partial charge in [0.2, 0.25) is 0 Å². The number of methoxy groups -OCH3 is 1. The lowest BCUT2D eigenvalue weighted by molar-refractivity contribution is 0.0892. The van der Waals surface area contributed by atoms with Gasteiger partial charge in [-0.25, -0.2) is 0 Å². The summed E-state index contributed by atoms with van der Waals surface area (Å²) in [5.74, 6) is 2.84.